The van der Waals surface area contributed by atoms with Crippen molar-refractivity contribution in [2.45, 2.75) is 30.6 Å². The van der Waals surface area contributed by atoms with Crippen LogP contribution in [0, 0.1) is 5.41 Å². The lowest BCUT2D eigenvalue weighted by atomic mass is 9.92. The lowest BCUT2D eigenvalue weighted by Gasteiger charge is -2.26. The van der Waals surface area contributed by atoms with Gasteiger partial charge in [0.2, 0.25) is 0 Å². The van der Waals surface area contributed by atoms with Crippen molar-refractivity contribution in [2.75, 3.05) is 11.1 Å². The summed E-state index contributed by atoms with van der Waals surface area (Å²) in [6.45, 7) is 0. The van der Waals surface area contributed by atoms with Crippen molar-refractivity contribution in [2.24, 2.45) is 5.41 Å². The SMILES string of the molecule is O=S(=O)(CC1(CBr)CCCC1)c1ccc(Cl)c(Cl)c1. The van der Waals surface area contributed by atoms with Crippen LogP contribution in [-0.2, 0) is 9.84 Å². The third-order valence-electron chi connectivity index (χ3n) is 3.69. The van der Waals surface area contributed by atoms with E-state index in [-0.39, 0.29) is 21.1 Å². The summed E-state index contributed by atoms with van der Waals surface area (Å²) in [7, 11) is -3.33. The molecule has 2 rings (SSSR count). The van der Waals surface area contributed by atoms with Crippen molar-refractivity contribution in [3.63, 3.8) is 0 Å². The molecule has 0 saturated heterocycles. The Morgan fingerprint density at radius 2 is 1.79 bits per heavy atom. The van der Waals surface area contributed by atoms with Gasteiger partial charge in [-0.3, -0.25) is 0 Å². The highest BCUT2D eigenvalue weighted by atomic mass is 79.9. The summed E-state index contributed by atoms with van der Waals surface area (Å²) in [6, 6.07) is 4.50. The van der Waals surface area contributed by atoms with E-state index in [4.69, 9.17) is 23.2 Å². The minimum absolute atomic E-state index is 0.134. The van der Waals surface area contributed by atoms with E-state index in [0.717, 1.165) is 31.0 Å². The van der Waals surface area contributed by atoms with Crippen molar-refractivity contribution in [1.82, 2.24) is 0 Å². The summed E-state index contributed by atoms with van der Waals surface area (Å²) >= 11 is 15.2. The summed E-state index contributed by atoms with van der Waals surface area (Å²) in [6.07, 6.45) is 4.11. The third kappa shape index (κ3) is 3.46. The zero-order chi connectivity index (χ0) is 14.1. The average Bonchev–Trinajstić information content (AvgIpc) is 2.81. The largest absolute Gasteiger partial charge is 0.224 e. The monoisotopic (exact) mass is 384 g/mol. The summed E-state index contributed by atoms with van der Waals surface area (Å²) in [4.78, 5) is 0.258. The molecule has 0 aliphatic heterocycles. The van der Waals surface area contributed by atoms with Crippen molar-refractivity contribution in [1.29, 1.82) is 0 Å². The molecule has 1 aromatic rings. The Labute approximate surface area is 132 Å². The fourth-order valence-corrected chi connectivity index (χ4v) is 5.92. The molecule has 2 nitrogen and oxygen atoms in total. The van der Waals surface area contributed by atoms with Gasteiger partial charge in [-0.25, -0.2) is 8.42 Å². The van der Waals surface area contributed by atoms with Gasteiger partial charge in [0.25, 0.3) is 0 Å². The molecule has 0 radical (unpaired) electrons. The Hall–Kier alpha value is 0.230. The second kappa shape index (κ2) is 5.92. The molecular formula is C13H15BrCl2O2S. The molecule has 0 atom stereocenters. The summed E-state index contributed by atoms with van der Waals surface area (Å²) < 4.78 is 25.0. The molecule has 0 bridgehead atoms. The molecule has 0 N–H and O–H groups in total. The fraction of sp³-hybridized carbons (Fsp3) is 0.538. The number of benzene rings is 1. The Bertz CT molecular complexity index is 566. The molecule has 1 fully saturated rings. The predicted molar refractivity (Wildman–Crippen MR) is 83.2 cm³/mol. The standard InChI is InChI=1S/C13H15BrCl2O2S/c14-8-13(5-1-2-6-13)9-19(17,18)10-3-4-11(15)12(16)7-10/h3-4,7H,1-2,5-6,8-9H2. The maximum Gasteiger partial charge on any atom is 0.179 e. The van der Waals surface area contributed by atoms with Gasteiger partial charge in [-0.15, -0.1) is 0 Å². The first-order chi connectivity index (χ1) is 8.88. The fourth-order valence-electron chi connectivity index (χ4n) is 2.60. The molecule has 0 heterocycles. The Morgan fingerprint density at radius 1 is 1.16 bits per heavy atom. The van der Waals surface area contributed by atoms with Crippen LogP contribution in [0.1, 0.15) is 25.7 Å². The zero-order valence-corrected chi connectivity index (χ0v) is 14.2. The van der Waals surface area contributed by atoms with Crippen LogP contribution < -0.4 is 0 Å². The van der Waals surface area contributed by atoms with E-state index in [0.29, 0.717) is 5.02 Å². The van der Waals surface area contributed by atoms with Crippen molar-refractivity contribution >= 4 is 49.0 Å². The summed E-state index contributed by atoms with van der Waals surface area (Å²) in [5.74, 6) is 0.170. The molecule has 6 heteroatoms. The average molecular weight is 386 g/mol. The summed E-state index contributed by atoms with van der Waals surface area (Å²) in [5, 5.41) is 1.37. The van der Waals surface area contributed by atoms with Crippen LogP contribution in [0.25, 0.3) is 0 Å². The number of sulfone groups is 1. The van der Waals surface area contributed by atoms with E-state index in [1.165, 1.54) is 18.2 Å². The van der Waals surface area contributed by atoms with Crippen molar-refractivity contribution in [3.8, 4) is 0 Å². The number of hydrogen-bond acceptors (Lipinski definition) is 2. The maximum absolute atomic E-state index is 12.5. The highest BCUT2D eigenvalue weighted by molar-refractivity contribution is 9.09. The smallest absolute Gasteiger partial charge is 0.179 e. The van der Waals surface area contributed by atoms with E-state index in [1.807, 2.05) is 0 Å². The van der Waals surface area contributed by atoms with Gasteiger partial charge >= 0.3 is 0 Å². The molecule has 19 heavy (non-hydrogen) atoms. The first-order valence-electron chi connectivity index (χ1n) is 6.12. The Morgan fingerprint density at radius 3 is 2.32 bits per heavy atom. The van der Waals surface area contributed by atoms with Crippen LogP contribution >= 0.6 is 39.1 Å². The first-order valence-corrected chi connectivity index (χ1v) is 9.65. The van der Waals surface area contributed by atoms with E-state index in [2.05, 4.69) is 15.9 Å². The van der Waals surface area contributed by atoms with Crippen LogP contribution in [-0.4, -0.2) is 19.5 Å². The normalized spacial score (nSPS) is 18.7. The molecule has 0 spiro atoms. The van der Waals surface area contributed by atoms with Gasteiger partial charge in [-0.05, 0) is 36.5 Å². The second-order valence-corrected chi connectivity index (χ2v) is 8.54. The molecule has 106 valence electrons. The number of halogens is 3. The number of alkyl halides is 1. The number of rotatable bonds is 4. The lowest BCUT2D eigenvalue weighted by molar-refractivity contribution is 0.394. The molecule has 1 saturated carbocycles. The van der Waals surface area contributed by atoms with Crippen LogP contribution in [0.5, 0.6) is 0 Å². The lowest BCUT2D eigenvalue weighted by Crippen LogP contribution is -2.29. The van der Waals surface area contributed by atoms with Gasteiger partial charge in [-0.2, -0.15) is 0 Å². The predicted octanol–water partition coefficient (Wildman–Crippen LogP) is 4.72. The minimum Gasteiger partial charge on any atom is -0.224 e. The highest BCUT2D eigenvalue weighted by Crippen LogP contribution is 2.42. The molecule has 1 aliphatic rings. The quantitative estimate of drug-likeness (QED) is 0.702. The summed E-state index contributed by atoms with van der Waals surface area (Å²) in [5.41, 5.74) is -0.134. The van der Waals surface area contributed by atoms with Crippen molar-refractivity contribution in [3.05, 3.63) is 28.2 Å². The minimum atomic E-state index is -3.33. The third-order valence-corrected chi connectivity index (χ3v) is 7.59. The van der Waals surface area contributed by atoms with Gasteiger partial charge in [-0.1, -0.05) is 52.0 Å². The van der Waals surface area contributed by atoms with Crippen LogP contribution in [0.3, 0.4) is 0 Å². The topological polar surface area (TPSA) is 34.1 Å². The first kappa shape index (κ1) is 15.6. The van der Waals surface area contributed by atoms with E-state index in [1.54, 1.807) is 0 Å². The number of hydrogen-bond donors (Lipinski definition) is 0. The van der Waals surface area contributed by atoms with Gasteiger partial charge in [0, 0.05) is 5.33 Å². The molecule has 0 unspecified atom stereocenters. The van der Waals surface area contributed by atoms with E-state index < -0.39 is 9.84 Å². The molecule has 0 aromatic heterocycles. The van der Waals surface area contributed by atoms with E-state index in [9.17, 15) is 8.42 Å². The second-order valence-electron chi connectivity index (χ2n) is 5.18. The Balaban J connectivity index is 2.29. The van der Waals surface area contributed by atoms with E-state index >= 15 is 0 Å². The van der Waals surface area contributed by atoms with Crippen LogP contribution in [0.2, 0.25) is 10.0 Å². The van der Waals surface area contributed by atoms with Gasteiger partial charge in [0.05, 0.1) is 20.7 Å². The van der Waals surface area contributed by atoms with Crippen LogP contribution in [0.4, 0.5) is 0 Å². The zero-order valence-electron chi connectivity index (χ0n) is 10.3. The molecule has 1 aromatic carbocycles. The highest BCUT2D eigenvalue weighted by Gasteiger charge is 2.37. The molecule has 0 amide bonds. The van der Waals surface area contributed by atoms with Gasteiger partial charge < -0.3 is 0 Å². The van der Waals surface area contributed by atoms with Gasteiger partial charge in [0.1, 0.15) is 0 Å². The maximum atomic E-state index is 12.5. The van der Waals surface area contributed by atoms with Gasteiger partial charge in [0.15, 0.2) is 9.84 Å². The van der Waals surface area contributed by atoms with Crippen molar-refractivity contribution < 1.29 is 8.42 Å². The molecule has 1 aliphatic carbocycles. The Kier molecular flexibility index (Phi) is 4.87. The van der Waals surface area contributed by atoms with Crippen LogP contribution in [0.15, 0.2) is 23.1 Å². The molecular weight excluding hydrogens is 371 g/mol.